The predicted molar refractivity (Wildman–Crippen MR) is 254 cm³/mol. The van der Waals surface area contributed by atoms with Gasteiger partial charge in [0.1, 0.15) is 0 Å². The number of hydrogen-bond donors (Lipinski definition) is 0. The molecule has 322 valence electrons. The second-order valence-corrected chi connectivity index (χ2v) is 24.0. The van der Waals surface area contributed by atoms with Crippen LogP contribution in [0.1, 0.15) is 310 Å². The van der Waals surface area contributed by atoms with Gasteiger partial charge in [-0.3, -0.25) is 0 Å². The van der Waals surface area contributed by atoms with Crippen LogP contribution in [0.25, 0.3) is 0 Å². The summed E-state index contributed by atoms with van der Waals surface area (Å²) >= 11 is 0. The summed E-state index contributed by atoms with van der Waals surface area (Å²) in [5, 5.41) is 0. The number of rotatable bonds is 48. The third-order valence-electron chi connectivity index (χ3n) is 13.2. The summed E-state index contributed by atoms with van der Waals surface area (Å²) in [6.45, 7) is 9.81. The topological polar surface area (TPSA) is 0 Å². The first-order valence-corrected chi connectivity index (χ1v) is 29.3. The van der Waals surface area contributed by atoms with Crippen molar-refractivity contribution in [3.05, 3.63) is 0 Å². The van der Waals surface area contributed by atoms with Crippen molar-refractivity contribution in [2.45, 2.75) is 310 Å². The molecule has 0 fully saturated rings. The molecule has 0 rings (SSSR count). The second kappa shape index (κ2) is 46.8. The van der Waals surface area contributed by atoms with Crippen molar-refractivity contribution in [1.29, 1.82) is 0 Å². The minimum absolute atomic E-state index is 1.06. The maximum absolute atomic E-state index is 2.84. The summed E-state index contributed by atoms with van der Waals surface area (Å²) in [5.74, 6) is 0. The van der Waals surface area contributed by atoms with E-state index >= 15 is 0 Å². The molecule has 0 aromatic rings. The minimum Gasteiger partial charge on any atom is -0.0654 e. The molecule has 0 aliphatic carbocycles. The van der Waals surface area contributed by atoms with Crippen molar-refractivity contribution in [2.24, 2.45) is 0 Å². The van der Waals surface area contributed by atoms with E-state index in [2.05, 4.69) is 27.4 Å². The van der Waals surface area contributed by atoms with Crippen LogP contribution in [-0.4, -0.2) is 25.2 Å². The fourth-order valence-electron chi connectivity index (χ4n) is 9.14. The Hall–Kier alpha value is 0.430. The first-order valence-electron chi connectivity index (χ1n) is 26.2. The Kier molecular flexibility index (Phi) is 47.2. The van der Waals surface area contributed by atoms with Gasteiger partial charge in [0.25, 0.3) is 0 Å². The van der Waals surface area contributed by atoms with E-state index in [1.807, 2.05) is 0 Å². The fraction of sp³-hybridized carbons (Fsp3) is 1.00. The van der Waals surface area contributed by atoms with Gasteiger partial charge in [-0.15, -0.1) is 0 Å². The van der Waals surface area contributed by atoms with Crippen LogP contribution in [0.5, 0.6) is 0 Å². The zero-order valence-electron chi connectivity index (χ0n) is 38.4. The van der Waals surface area contributed by atoms with Gasteiger partial charge in [0.2, 0.25) is 0 Å². The molecule has 0 amide bonds. The van der Waals surface area contributed by atoms with Crippen LogP contribution in [0, 0.1) is 0 Å². The van der Waals surface area contributed by atoms with Gasteiger partial charge < -0.3 is 0 Å². The molecule has 1 heteroatoms. The summed E-state index contributed by atoms with van der Waals surface area (Å²) in [5.41, 5.74) is 0. The van der Waals surface area contributed by atoms with Crippen LogP contribution in [0.4, 0.5) is 0 Å². The molecule has 0 unspecified atom stereocenters. The molecule has 0 nitrogen and oxygen atoms in total. The predicted octanol–water partition coefficient (Wildman–Crippen LogP) is 20.0. The molecular weight excluding hydrogens is 656 g/mol. The fourth-order valence-corrected chi connectivity index (χ4v) is 13.2. The van der Waals surface area contributed by atoms with E-state index in [-0.39, 0.29) is 0 Å². The molecular formula is C52H109P. The van der Waals surface area contributed by atoms with Crippen LogP contribution < -0.4 is 0 Å². The van der Waals surface area contributed by atoms with Gasteiger partial charge in [0, 0.05) is 0 Å². The summed E-state index contributed by atoms with van der Waals surface area (Å²) in [7, 11) is -1.06. The maximum atomic E-state index is 2.84. The van der Waals surface area contributed by atoms with Crippen LogP contribution in [0.15, 0.2) is 0 Å². The molecule has 0 spiro atoms. The van der Waals surface area contributed by atoms with Gasteiger partial charge in [0.05, 0.1) is 0 Å². The minimum atomic E-state index is -1.06. The van der Waals surface area contributed by atoms with Gasteiger partial charge in [-0.25, -0.2) is 0 Å². The molecule has 0 aliphatic heterocycles. The summed E-state index contributed by atoms with van der Waals surface area (Å²) < 4.78 is 0. The monoisotopic (exact) mass is 765 g/mol. The zero-order valence-corrected chi connectivity index (χ0v) is 39.4. The molecule has 0 radical (unpaired) electrons. The average molecular weight is 765 g/mol. The van der Waals surface area contributed by atoms with Gasteiger partial charge in [0.15, 0.2) is 0 Å². The number of hydrogen-bond acceptors (Lipinski definition) is 0. The van der Waals surface area contributed by atoms with Crippen LogP contribution in [0.3, 0.4) is 0 Å². The van der Waals surface area contributed by atoms with Gasteiger partial charge >= 0.3 is 244 Å². The van der Waals surface area contributed by atoms with Crippen molar-refractivity contribution >= 4 is 7.26 Å². The molecule has 0 saturated carbocycles. The Labute approximate surface area is 340 Å². The Morgan fingerprint density at radius 2 is 0.283 bits per heavy atom. The van der Waals surface area contributed by atoms with E-state index in [1.165, 1.54) is 270 Å². The van der Waals surface area contributed by atoms with E-state index < -0.39 is 7.26 Å². The smallest absolute Gasteiger partial charge is 0.0654 e. The summed E-state index contributed by atoms with van der Waals surface area (Å²) in [4.78, 5) is 0. The van der Waals surface area contributed by atoms with Crippen molar-refractivity contribution in [3.63, 3.8) is 0 Å². The van der Waals surface area contributed by atoms with E-state index in [4.69, 9.17) is 0 Å². The van der Waals surface area contributed by atoms with E-state index in [0.29, 0.717) is 0 Å². The Morgan fingerprint density at radius 3 is 0.415 bits per heavy atom. The SMILES string of the molecule is CCCCCCCCCCCCCCCCC[PH](C)(CCCCCCCCCCCCCCCCC)CCCCCCCCCCCCCCCCC. The quantitative estimate of drug-likeness (QED) is 0.0428. The van der Waals surface area contributed by atoms with Gasteiger partial charge in [-0.2, -0.15) is 0 Å². The molecule has 0 aliphatic rings. The van der Waals surface area contributed by atoms with Crippen LogP contribution >= 0.6 is 7.26 Å². The first kappa shape index (κ1) is 53.4. The van der Waals surface area contributed by atoms with E-state index in [1.54, 1.807) is 37.7 Å². The van der Waals surface area contributed by atoms with E-state index in [0.717, 1.165) is 0 Å². The summed E-state index contributed by atoms with van der Waals surface area (Å²) in [6.07, 6.45) is 72.0. The molecule has 0 N–H and O–H groups in total. The molecule has 0 aromatic heterocycles. The molecule has 0 atom stereocenters. The first-order chi connectivity index (χ1) is 26.2. The average Bonchev–Trinajstić information content (AvgIpc) is 3.16. The Bertz CT molecular complexity index is 543. The summed E-state index contributed by atoms with van der Waals surface area (Å²) in [6, 6.07) is 0. The van der Waals surface area contributed by atoms with Gasteiger partial charge in [-0.1, -0.05) is 97.8 Å². The third kappa shape index (κ3) is 45.0. The van der Waals surface area contributed by atoms with Crippen molar-refractivity contribution in [2.75, 3.05) is 25.2 Å². The Balaban J connectivity index is 4.07. The van der Waals surface area contributed by atoms with Crippen LogP contribution in [-0.2, 0) is 0 Å². The Morgan fingerprint density at radius 1 is 0.170 bits per heavy atom. The van der Waals surface area contributed by atoms with Gasteiger partial charge in [-0.05, 0) is 0 Å². The molecule has 0 heterocycles. The van der Waals surface area contributed by atoms with Crippen molar-refractivity contribution in [3.8, 4) is 0 Å². The van der Waals surface area contributed by atoms with Crippen LogP contribution in [0.2, 0.25) is 0 Å². The standard InChI is InChI=1S/C52H109P/c1-5-8-11-14-17-20-23-26-29-32-35-38-41-44-47-50-53(4,51-48-45-42-39-36-33-30-27-24-21-18-15-12-9-6-2)52-49-46-43-40-37-34-31-28-25-22-19-16-13-10-7-3/h53H,5-52H2,1-4H3. The second-order valence-electron chi connectivity index (χ2n) is 18.9. The number of unbranched alkanes of at least 4 members (excludes halogenated alkanes) is 42. The molecule has 0 saturated heterocycles. The molecule has 53 heavy (non-hydrogen) atoms. The van der Waals surface area contributed by atoms with Crippen molar-refractivity contribution in [1.82, 2.24) is 0 Å². The van der Waals surface area contributed by atoms with Crippen molar-refractivity contribution < 1.29 is 0 Å². The molecule has 0 aromatic carbocycles. The molecule has 0 bridgehead atoms. The zero-order chi connectivity index (χ0) is 38.4. The van der Waals surface area contributed by atoms with E-state index in [9.17, 15) is 0 Å². The third-order valence-corrected chi connectivity index (χ3v) is 17.8. The normalized spacial score (nSPS) is 12.3.